The van der Waals surface area contributed by atoms with Gasteiger partial charge in [0.25, 0.3) is 5.91 Å². The number of likely N-dealkylation sites (tertiary alicyclic amines) is 1. The van der Waals surface area contributed by atoms with Gasteiger partial charge in [0.1, 0.15) is 5.69 Å². The first-order valence-corrected chi connectivity index (χ1v) is 12.6. The highest BCUT2D eigenvalue weighted by molar-refractivity contribution is 5.96. The van der Waals surface area contributed by atoms with Gasteiger partial charge in [-0.05, 0) is 56.3 Å². The van der Waals surface area contributed by atoms with E-state index in [1.807, 2.05) is 54.6 Å². The average molecular weight is 485 g/mol. The molecule has 36 heavy (non-hydrogen) atoms. The zero-order valence-electron chi connectivity index (χ0n) is 20.6. The van der Waals surface area contributed by atoms with E-state index >= 15 is 0 Å². The van der Waals surface area contributed by atoms with Gasteiger partial charge in [0.15, 0.2) is 0 Å². The van der Waals surface area contributed by atoms with E-state index in [0.29, 0.717) is 18.8 Å². The summed E-state index contributed by atoms with van der Waals surface area (Å²) in [5, 5.41) is 3.05. The quantitative estimate of drug-likeness (QED) is 0.598. The Morgan fingerprint density at radius 1 is 0.917 bits per heavy atom. The number of pyridine rings is 2. The van der Waals surface area contributed by atoms with Crippen molar-refractivity contribution < 1.29 is 9.59 Å². The Morgan fingerprint density at radius 2 is 1.78 bits per heavy atom. The van der Waals surface area contributed by atoms with E-state index < -0.39 is 0 Å². The van der Waals surface area contributed by atoms with Crippen LogP contribution in [0.2, 0.25) is 0 Å². The second kappa shape index (κ2) is 10.9. The summed E-state index contributed by atoms with van der Waals surface area (Å²) in [5.74, 6) is -0.438. The Kier molecular flexibility index (Phi) is 7.23. The van der Waals surface area contributed by atoms with Crippen molar-refractivity contribution in [2.45, 2.75) is 12.8 Å². The molecule has 2 aliphatic rings. The number of rotatable bonds is 5. The number of carbonyl (C=O) groups is 2. The lowest BCUT2D eigenvalue weighted by Crippen LogP contribution is -2.45. The Labute approximate surface area is 212 Å². The number of benzene rings is 1. The number of anilines is 2. The topological polar surface area (TPSA) is 81.7 Å². The van der Waals surface area contributed by atoms with Gasteiger partial charge in [0.2, 0.25) is 5.91 Å². The summed E-state index contributed by atoms with van der Waals surface area (Å²) in [6.07, 6.45) is 5.01. The van der Waals surface area contributed by atoms with Crippen molar-refractivity contribution in [3.05, 3.63) is 72.7 Å². The summed E-state index contributed by atoms with van der Waals surface area (Å²) < 4.78 is 0. The molecular formula is C28H32N6O2. The van der Waals surface area contributed by atoms with Gasteiger partial charge < -0.3 is 20.0 Å². The van der Waals surface area contributed by atoms with E-state index in [0.717, 1.165) is 61.7 Å². The number of aromatic nitrogens is 2. The first kappa shape index (κ1) is 23.9. The highest BCUT2D eigenvalue weighted by Crippen LogP contribution is 2.24. The number of hydrogen-bond donors (Lipinski definition) is 1. The van der Waals surface area contributed by atoms with Gasteiger partial charge in [0, 0.05) is 68.6 Å². The fourth-order valence-electron chi connectivity index (χ4n) is 4.87. The van der Waals surface area contributed by atoms with E-state index in [4.69, 9.17) is 0 Å². The van der Waals surface area contributed by atoms with Gasteiger partial charge in [-0.2, -0.15) is 0 Å². The molecule has 3 aromatic rings. The van der Waals surface area contributed by atoms with Crippen LogP contribution < -0.4 is 10.2 Å². The average Bonchev–Trinajstić information content (AvgIpc) is 2.94. The van der Waals surface area contributed by atoms with Crippen molar-refractivity contribution >= 4 is 23.2 Å². The largest absolute Gasteiger partial charge is 0.369 e. The lowest BCUT2D eigenvalue weighted by Gasteiger charge is -2.34. The SMILES string of the molecule is CN1CCN(c2ccnc(C(=O)N3CCC[C@H](C(=O)Nc4cccc(-c5ccccn5)c4)C3)c2)CC1. The zero-order valence-corrected chi connectivity index (χ0v) is 20.6. The maximum absolute atomic E-state index is 13.3. The minimum atomic E-state index is -0.262. The monoisotopic (exact) mass is 484 g/mol. The molecule has 186 valence electrons. The third-order valence-electron chi connectivity index (χ3n) is 7.00. The van der Waals surface area contributed by atoms with Crippen molar-refractivity contribution in [3.63, 3.8) is 0 Å². The molecule has 4 heterocycles. The summed E-state index contributed by atoms with van der Waals surface area (Å²) in [5.41, 5.74) is 4.00. The molecule has 0 spiro atoms. The van der Waals surface area contributed by atoms with Crippen molar-refractivity contribution in [2.24, 2.45) is 5.92 Å². The third-order valence-corrected chi connectivity index (χ3v) is 7.00. The van der Waals surface area contributed by atoms with Gasteiger partial charge in [-0.15, -0.1) is 0 Å². The molecule has 1 N–H and O–H groups in total. The van der Waals surface area contributed by atoms with Crippen molar-refractivity contribution in [2.75, 3.05) is 56.5 Å². The molecule has 2 aliphatic heterocycles. The van der Waals surface area contributed by atoms with Crippen LogP contribution in [0.1, 0.15) is 23.3 Å². The fourth-order valence-corrected chi connectivity index (χ4v) is 4.87. The Balaban J connectivity index is 1.23. The van der Waals surface area contributed by atoms with E-state index in [1.165, 1.54) is 0 Å². The van der Waals surface area contributed by atoms with E-state index in [2.05, 4.69) is 32.1 Å². The number of piperazine rings is 1. The van der Waals surface area contributed by atoms with Crippen LogP contribution >= 0.6 is 0 Å². The maximum Gasteiger partial charge on any atom is 0.272 e. The Bertz CT molecular complexity index is 1210. The molecule has 2 amide bonds. The molecule has 2 fully saturated rings. The standard InChI is InChI=1S/C28H32N6O2/c1-32-14-16-33(17-15-32)24-10-12-30-26(19-24)28(36)34-13-5-7-22(20-34)27(35)31-23-8-4-6-21(18-23)25-9-2-3-11-29-25/h2-4,6,8-12,18-19,22H,5,7,13-17,20H2,1H3,(H,31,35)/t22-/m0/s1. The van der Waals surface area contributed by atoms with Gasteiger partial charge in [-0.1, -0.05) is 18.2 Å². The number of nitrogens with one attached hydrogen (secondary N) is 1. The lowest BCUT2D eigenvalue weighted by molar-refractivity contribution is -0.121. The number of likely N-dealkylation sites (N-methyl/N-ethyl adjacent to an activating group) is 1. The molecule has 1 aromatic carbocycles. The molecule has 0 bridgehead atoms. The zero-order chi connectivity index (χ0) is 24.9. The summed E-state index contributed by atoms with van der Waals surface area (Å²) in [6.45, 7) is 4.89. The van der Waals surface area contributed by atoms with Gasteiger partial charge in [-0.3, -0.25) is 19.6 Å². The normalized spacial score (nSPS) is 18.6. The fraction of sp³-hybridized carbons (Fsp3) is 0.357. The first-order chi connectivity index (χ1) is 17.6. The molecule has 8 nitrogen and oxygen atoms in total. The second-order valence-electron chi connectivity index (χ2n) is 9.56. The molecule has 5 rings (SSSR count). The number of carbonyl (C=O) groups excluding carboxylic acids is 2. The van der Waals surface area contributed by atoms with Crippen LogP contribution in [0.4, 0.5) is 11.4 Å². The summed E-state index contributed by atoms with van der Waals surface area (Å²) in [4.78, 5) is 41.6. The van der Waals surface area contributed by atoms with Crippen LogP contribution in [0.3, 0.4) is 0 Å². The van der Waals surface area contributed by atoms with Crippen LogP contribution in [-0.2, 0) is 4.79 Å². The van der Waals surface area contributed by atoms with E-state index in [1.54, 1.807) is 17.3 Å². The summed E-state index contributed by atoms with van der Waals surface area (Å²) >= 11 is 0. The molecule has 2 aromatic heterocycles. The van der Waals surface area contributed by atoms with Crippen molar-refractivity contribution in [1.82, 2.24) is 19.8 Å². The lowest BCUT2D eigenvalue weighted by atomic mass is 9.96. The molecule has 0 unspecified atom stereocenters. The summed E-state index contributed by atoms with van der Waals surface area (Å²) in [6, 6.07) is 17.3. The molecule has 2 saturated heterocycles. The van der Waals surface area contributed by atoms with E-state index in [-0.39, 0.29) is 17.7 Å². The highest BCUT2D eigenvalue weighted by Gasteiger charge is 2.30. The Morgan fingerprint density at radius 3 is 2.58 bits per heavy atom. The highest BCUT2D eigenvalue weighted by atomic mass is 16.2. The van der Waals surface area contributed by atoms with Crippen LogP contribution in [-0.4, -0.2) is 77.9 Å². The molecule has 0 aliphatic carbocycles. The number of amides is 2. The molecule has 8 heteroatoms. The van der Waals surface area contributed by atoms with Crippen molar-refractivity contribution in [1.29, 1.82) is 0 Å². The maximum atomic E-state index is 13.3. The Hall–Kier alpha value is -3.78. The summed E-state index contributed by atoms with van der Waals surface area (Å²) in [7, 11) is 2.12. The van der Waals surface area contributed by atoms with Gasteiger partial charge >= 0.3 is 0 Å². The first-order valence-electron chi connectivity index (χ1n) is 12.6. The number of nitrogens with zero attached hydrogens (tertiary/aromatic N) is 5. The van der Waals surface area contributed by atoms with Crippen LogP contribution in [0.5, 0.6) is 0 Å². The molecule has 0 saturated carbocycles. The number of hydrogen-bond acceptors (Lipinski definition) is 6. The minimum absolute atomic E-state index is 0.0650. The molecule has 0 radical (unpaired) electrons. The second-order valence-corrected chi connectivity index (χ2v) is 9.56. The molecule has 1 atom stereocenters. The third kappa shape index (κ3) is 5.54. The van der Waals surface area contributed by atoms with Crippen LogP contribution in [0.25, 0.3) is 11.3 Å². The van der Waals surface area contributed by atoms with Crippen LogP contribution in [0, 0.1) is 5.92 Å². The van der Waals surface area contributed by atoms with E-state index in [9.17, 15) is 9.59 Å². The minimum Gasteiger partial charge on any atom is -0.369 e. The smallest absolute Gasteiger partial charge is 0.272 e. The van der Waals surface area contributed by atoms with Crippen LogP contribution in [0.15, 0.2) is 67.0 Å². The van der Waals surface area contributed by atoms with Crippen molar-refractivity contribution in [3.8, 4) is 11.3 Å². The predicted molar refractivity (Wildman–Crippen MR) is 141 cm³/mol. The van der Waals surface area contributed by atoms with Gasteiger partial charge in [-0.25, -0.2) is 0 Å². The predicted octanol–water partition coefficient (Wildman–Crippen LogP) is 3.39. The number of piperidine rings is 1. The van der Waals surface area contributed by atoms with Gasteiger partial charge in [0.05, 0.1) is 11.6 Å². The molecular weight excluding hydrogens is 452 g/mol.